The number of nitrogens with one attached hydrogen (secondary N) is 5. The van der Waals surface area contributed by atoms with Gasteiger partial charge in [-0.25, -0.2) is 14.4 Å². The minimum atomic E-state index is -1.12. The smallest absolute Gasteiger partial charge is 0.407 e. The first-order chi connectivity index (χ1) is 45.2. The molecule has 0 spiro atoms. The average Bonchev–Trinajstić information content (AvgIpc) is 1.11. The number of hydrogen-bond donors (Lipinski definition) is 6. The van der Waals surface area contributed by atoms with E-state index in [4.69, 9.17) is 85.6 Å². The van der Waals surface area contributed by atoms with Crippen molar-refractivity contribution >= 4 is 41.7 Å². The summed E-state index contributed by atoms with van der Waals surface area (Å²) in [5, 5.41) is 22.7. The third-order valence-electron chi connectivity index (χ3n) is 11.9. The van der Waals surface area contributed by atoms with Crippen LogP contribution in [0.2, 0.25) is 0 Å². The zero-order chi connectivity index (χ0) is 68.8. The normalized spacial score (nSPS) is 12.1. The Labute approximate surface area is 552 Å². The summed E-state index contributed by atoms with van der Waals surface area (Å²) >= 11 is 0. The SMILES string of the molecule is COCCOCCOCCOCCOCCNC(=O)C(Cc1ccc(OCC(=O)O)cc1)NC(=O)CCOCCOCCOCCOCCNC(=O)C(Cc1ccc(OCC(=O)OC(C)(C)C)cc1)NC(=O)CCOCCOCCOCCOCCNC(=O)OC(C)(C)C. The van der Waals surface area contributed by atoms with Crippen molar-refractivity contribution in [3.05, 3.63) is 59.7 Å². The lowest BCUT2D eigenvalue weighted by Gasteiger charge is -2.20. The number of carboxylic acids is 1. The van der Waals surface area contributed by atoms with Crippen LogP contribution in [0, 0.1) is 0 Å². The molecule has 0 radical (unpaired) electrons. The molecule has 0 fully saturated rings. The molecule has 2 unspecified atom stereocenters. The van der Waals surface area contributed by atoms with Crippen molar-refractivity contribution in [2.45, 2.75) is 90.5 Å². The van der Waals surface area contributed by atoms with Crippen LogP contribution in [0.1, 0.15) is 65.5 Å². The van der Waals surface area contributed by atoms with Gasteiger partial charge in [0.15, 0.2) is 13.2 Å². The zero-order valence-electron chi connectivity index (χ0n) is 56.1. The highest BCUT2D eigenvalue weighted by molar-refractivity contribution is 5.88. The monoisotopic (exact) mass is 1340 g/mol. The Morgan fingerprint density at radius 1 is 0.383 bits per heavy atom. The summed E-state index contributed by atoms with van der Waals surface area (Å²) in [6.07, 6.45) is -0.236. The molecule has 2 aromatic carbocycles. The standard InChI is InChI=1S/C64H105N5O25/c1-63(2,3)93-59(74)49-92-53-14-10-51(11-15-53)47-55(69-57(71)17-22-80-29-34-86-41-43-89-37-32-83-25-20-67-62(77)94-64(4,5)6)61(76)66-19-24-81-30-35-87-42-40-85-33-28-79-21-16-56(70)68-54(46-50-8-12-52(13-9-50)91-48-58(72)73)60(75)65-18-23-82-31-36-88-44-45-90-39-38-84-27-26-78-7/h8-15,54-55H,16-49H2,1-7H3,(H,65,75)(H,66,76)(H,67,77)(H,68,70)(H,69,71)(H,72,73). The molecule has 30 heteroatoms. The molecule has 0 heterocycles. The van der Waals surface area contributed by atoms with E-state index in [9.17, 15) is 33.6 Å². The lowest BCUT2D eigenvalue weighted by molar-refractivity contribution is -0.157. The largest absolute Gasteiger partial charge is 0.482 e. The number of carbonyl (C=O) groups is 7. The minimum absolute atomic E-state index is 0.00797. The Bertz CT molecular complexity index is 2320. The Balaban J connectivity index is 1.67. The minimum Gasteiger partial charge on any atom is -0.482 e. The number of aliphatic carboxylic acids is 1. The maximum absolute atomic E-state index is 13.5. The lowest BCUT2D eigenvalue weighted by Crippen LogP contribution is -2.48. The number of methoxy groups -OCH3 is 1. The quantitative estimate of drug-likeness (QED) is 0.0407. The maximum atomic E-state index is 13.5. The number of hydrogen-bond acceptors (Lipinski definition) is 24. The number of carboxylic acid groups (broad SMARTS) is 1. The van der Waals surface area contributed by atoms with E-state index < -0.39 is 71.6 Å². The van der Waals surface area contributed by atoms with Gasteiger partial charge in [0.05, 0.1) is 165 Å². The highest BCUT2D eigenvalue weighted by atomic mass is 16.6. The predicted octanol–water partition coefficient (Wildman–Crippen LogP) is 2.01. The first-order valence-electron chi connectivity index (χ1n) is 31.6. The van der Waals surface area contributed by atoms with Gasteiger partial charge in [-0.2, -0.15) is 0 Å². The van der Waals surface area contributed by atoms with Gasteiger partial charge in [0.2, 0.25) is 23.6 Å². The van der Waals surface area contributed by atoms with Crippen LogP contribution >= 0.6 is 0 Å². The lowest BCUT2D eigenvalue weighted by atomic mass is 10.0. The van der Waals surface area contributed by atoms with Gasteiger partial charge in [0, 0.05) is 52.4 Å². The topological polar surface area (TPSA) is 357 Å². The molecule has 0 saturated heterocycles. The van der Waals surface area contributed by atoms with Gasteiger partial charge in [-0.3, -0.25) is 19.2 Å². The molecule has 0 aliphatic carbocycles. The summed E-state index contributed by atoms with van der Waals surface area (Å²) in [7, 11) is 1.61. The van der Waals surface area contributed by atoms with E-state index in [-0.39, 0.29) is 125 Å². The van der Waals surface area contributed by atoms with Crippen molar-refractivity contribution in [1.29, 1.82) is 0 Å². The summed E-state index contributed by atoms with van der Waals surface area (Å²) in [5.74, 6) is -2.51. The van der Waals surface area contributed by atoms with Crippen LogP contribution in [-0.4, -0.2) is 275 Å². The number of rotatable bonds is 59. The second kappa shape index (κ2) is 53.8. The predicted molar refractivity (Wildman–Crippen MR) is 340 cm³/mol. The molecule has 6 N–H and O–H groups in total. The number of ether oxygens (including phenoxy) is 17. The van der Waals surface area contributed by atoms with E-state index >= 15 is 0 Å². The average molecular weight is 1340 g/mol. The molecule has 0 aliphatic heterocycles. The molecular formula is C64H105N5O25. The molecule has 0 aromatic heterocycles. The van der Waals surface area contributed by atoms with Crippen molar-refractivity contribution in [1.82, 2.24) is 26.6 Å². The van der Waals surface area contributed by atoms with Crippen LogP contribution in [0.15, 0.2) is 48.5 Å². The zero-order valence-corrected chi connectivity index (χ0v) is 56.1. The first kappa shape index (κ1) is 83.7. The van der Waals surface area contributed by atoms with E-state index in [0.717, 1.165) is 5.56 Å². The Morgan fingerprint density at radius 3 is 1.00 bits per heavy atom. The summed E-state index contributed by atoms with van der Waals surface area (Å²) in [6, 6.07) is 11.5. The van der Waals surface area contributed by atoms with Gasteiger partial charge >= 0.3 is 18.0 Å². The van der Waals surface area contributed by atoms with Crippen LogP contribution in [0.5, 0.6) is 11.5 Å². The summed E-state index contributed by atoms with van der Waals surface area (Å²) in [4.78, 5) is 87.5. The number of alkyl carbamates (subject to hydrolysis) is 1. The molecule has 94 heavy (non-hydrogen) atoms. The summed E-state index contributed by atoms with van der Waals surface area (Å²) < 4.78 is 92.5. The van der Waals surface area contributed by atoms with Crippen molar-refractivity contribution < 1.29 is 119 Å². The van der Waals surface area contributed by atoms with Gasteiger partial charge in [0.25, 0.3) is 0 Å². The first-order valence-corrected chi connectivity index (χ1v) is 31.6. The van der Waals surface area contributed by atoms with E-state index in [2.05, 4.69) is 26.6 Å². The molecule has 0 saturated carbocycles. The number of amides is 5. The Morgan fingerprint density at radius 2 is 0.681 bits per heavy atom. The van der Waals surface area contributed by atoms with E-state index in [1.165, 1.54) is 0 Å². The van der Waals surface area contributed by atoms with Crippen LogP contribution in [0.25, 0.3) is 0 Å². The fraction of sp³-hybridized carbons (Fsp3) is 0.703. The Hall–Kier alpha value is -6.39. The number of esters is 1. The van der Waals surface area contributed by atoms with Crippen LogP contribution in [0.3, 0.4) is 0 Å². The van der Waals surface area contributed by atoms with Crippen molar-refractivity contribution in [2.24, 2.45) is 0 Å². The molecule has 2 aromatic rings. The van der Waals surface area contributed by atoms with Crippen LogP contribution in [0.4, 0.5) is 4.79 Å². The van der Waals surface area contributed by atoms with Gasteiger partial charge in [0.1, 0.15) is 34.8 Å². The van der Waals surface area contributed by atoms with Crippen molar-refractivity contribution in [3.63, 3.8) is 0 Å². The number of carbonyl (C=O) groups excluding carboxylic acids is 6. The number of benzene rings is 2. The van der Waals surface area contributed by atoms with Crippen molar-refractivity contribution in [3.8, 4) is 11.5 Å². The highest BCUT2D eigenvalue weighted by Crippen LogP contribution is 2.16. The molecule has 30 nitrogen and oxygen atoms in total. The molecule has 5 amide bonds. The van der Waals surface area contributed by atoms with Crippen LogP contribution in [-0.2, 0) is 113 Å². The second-order valence-electron chi connectivity index (χ2n) is 22.3. The second-order valence-corrected chi connectivity index (χ2v) is 22.3. The van der Waals surface area contributed by atoms with Gasteiger partial charge in [-0.05, 0) is 76.9 Å². The molecular weight excluding hydrogens is 1240 g/mol. The summed E-state index contributed by atoms with van der Waals surface area (Å²) in [5.41, 5.74) is 0.196. The molecule has 2 rings (SSSR count). The van der Waals surface area contributed by atoms with Gasteiger partial charge < -0.3 is 112 Å². The third-order valence-corrected chi connectivity index (χ3v) is 11.9. The molecule has 536 valence electrons. The Kier molecular flexibility index (Phi) is 47.9. The molecule has 2 atom stereocenters. The fourth-order valence-corrected chi connectivity index (χ4v) is 7.56. The van der Waals surface area contributed by atoms with Crippen molar-refractivity contribution in [2.75, 3.05) is 205 Å². The van der Waals surface area contributed by atoms with Gasteiger partial charge in [-0.1, -0.05) is 24.3 Å². The molecule has 0 aliphatic rings. The highest BCUT2D eigenvalue weighted by Gasteiger charge is 2.24. The van der Waals surface area contributed by atoms with E-state index in [1.807, 2.05) is 0 Å². The summed E-state index contributed by atoms with van der Waals surface area (Å²) in [6.45, 7) is 18.2. The third kappa shape index (κ3) is 50.1. The van der Waals surface area contributed by atoms with Crippen LogP contribution < -0.4 is 36.1 Å². The molecule has 0 bridgehead atoms. The van der Waals surface area contributed by atoms with E-state index in [1.54, 1.807) is 97.2 Å². The fourth-order valence-electron chi connectivity index (χ4n) is 7.56. The van der Waals surface area contributed by atoms with Gasteiger partial charge in [-0.15, -0.1) is 0 Å². The van der Waals surface area contributed by atoms with E-state index in [0.29, 0.717) is 109 Å². The maximum Gasteiger partial charge on any atom is 0.407 e.